The molecule has 3 nitrogen and oxygen atoms in total. The number of carboxylic acids is 1. The largest absolute Gasteiger partial charge is 0.480 e. The van der Waals surface area contributed by atoms with Gasteiger partial charge in [-0.3, -0.25) is 4.79 Å². The van der Waals surface area contributed by atoms with E-state index in [1.165, 1.54) is 18.2 Å². The van der Waals surface area contributed by atoms with Crippen LogP contribution in [-0.2, 0) is 4.79 Å². The molecule has 1 rings (SSSR count). The molecule has 0 aliphatic heterocycles. The molecule has 0 radical (unpaired) electrons. The van der Waals surface area contributed by atoms with Crippen molar-refractivity contribution in [3.05, 3.63) is 35.6 Å². The van der Waals surface area contributed by atoms with E-state index in [9.17, 15) is 9.18 Å². The predicted molar refractivity (Wildman–Crippen MR) is 53.7 cm³/mol. The van der Waals surface area contributed by atoms with Crippen LogP contribution in [0.15, 0.2) is 24.3 Å². The average Bonchev–Trinajstić information content (AvgIpc) is 2.15. The summed E-state index contributed by atoms with van der Waals surface area (Å²) >= 11 is 4.03. The van der Waals surface area contributed by atoms with E-state index in [0.717, 1.165) is 0 Å². The second kappa shape index (κ2) is 4.43. The van der Waals surface area contributed by atoms with Crippen LogP contribution in [0.2, 0.25) is 0 Å². The fraction of sp³-hybridized carbons (Fsp3) is 0.222. The molecular formula is C9H10FNO2S. The quantitative estimate of drug-likeness (QED) is 0.664. The fourth-order valence-corrected chi connectivity index (χ4v) is 1.32. The highest BCUT2D eigenvalue weighted by Gasteiger charge is 2.22. The van der Waals surface area contributed by atoms with Crippen LogP contribution in [0.4, 0.5) is 4.39 Å². The molecule has 1 aromatic carbocycles. The smallest absolute Gasteiger partial charge is 0.321 e. The van der Waals surface area contributed by atoms with Gasteiger partial charge in [0.15, 0.2) is 0 Å². The van der Waals surface area contributed by atoms with Crippen molar-refractivity contribution in [2.24, 2.45) is 5.73 Å². The Morgan fingerprint density at radius 3 is 2.71 bits per heavy atom. The van der Waals surface area contributed by atoms with E-state index in [-0.39, 0.29) is 0 Å². The molecule has 0 aliphatic rings. The summed E-state index contributed by atoms with van der Waals surface area (Å²) in [6.45, 7) is 0. The molecular weight excluding hydrogens is 205 g/mol. The van der Waals surface area contributed by atoms with Gasteiger partial charge in [0.2, 0.25) is 0 Å². The van der Waals surface area contributed by atoms with Crippen LogP contribution in [0, 0.1) is 5.82 Å². The normalized spacial score (nSPS) is 14.8. The summed E-state index contributed by atoms with van der Waals surface area (Å²) in [5, 5.41) is 7.91. The number of carbonyl (C=O) groups is 1. The number of halogens is 1. The van der Waals surface area contributed by atoms with Crippen LogP contribution in [-0.4, -0.2) is 17.1 Å². The van der Waals surface area contributed by atoms with Gasteiger partial charge < -0.3 is 10.8 Å². The first-order valence-corrected chi connectivity index (χ1v) is 4.46. The van der Waals surface area contributed by atoms with Gasteiger partial charge in [-0.15, -0.1) is 0 Å². The molecule has 2 atom stereocenters. The van der Waals surface area contributed by atoms with Crippen LogP contribution >= 0.6 is 12.6 Å². The van der Waals surface area contributed by atoms with E-state index < -0.39 is 23.1 Å². The summed E-state index contributed by atoms with van der Waals surface area (Å²) in [6, 6.07) is 4.43. The molecule has 0 bridgehead atoms. The summed E-state index contributed by atoms with van der Waals surface area (Å²) in [4.78, 5) is 10.5. The summed E-state index contributed by atoms with van der Waals surface area (Å²) in [6.07, 6.45) is 0. The summed E-state index contributed by atoms with van der Waals surface area (Å²) in [5.74, 6) is -1.59. The van der Waals surface area contributed by atoms with Crippen molar-refractivity contribution in [2.75, 3.05) is 0 Å². The molecule has 0 saturated carbocycles. The fourth-order valence-electron chi connectivity index (χ4n) is 1.03. The molecule has 0 fully saturated rings. The molecule has 2 unspecified atom stereocenters. The highest BCUT2D eigenvalue weighted by molar-refractivity contribution is 7.80. The van der Waals surface area contributed by atoms with E-state index >= 15 is 0 Å². The first-order valence-electron chi connectivity index (χ1n) is 3.94. The van der Waals surface area contributed by atoms with Crippen molar-refractivity contribution in [3.8, 4) is 0 Å². The molecule has 76 valence electrons. The number of rotatable bonds is 3. The zero-order valence-electron chi connectivity index (χ0n) is 7.22. The lowest BCUT2D eigenvalue weighted by Crippen LogP contribution is -2.34. The van der Waals surface area contributed by atoms with E-state index in [4.69, 9.17) is 10.8 Å². The van der Waals surface area contributed by atoms with Gasteiger partial charge >= 0.3 is 5.97 Å². The highest BCUT2D eigenvalue weighted by Crippen LogP contribution is 2.23. The summed E-state index contributed by atoms with van der Waals surface area (Å²) in [7, 11) is 0. The molecule has 0 amide bonds. The van der Waals surface area contributed by atoms with Gasteiger partial charge in [0, 0.05) is 0 Å². The zero-order valence-corrected chi connectivity index (χ0v) is 8.12. The minimum Gasteiger partial charge on any atom is -0.480 e. The summed E-state index contributed by atoms with van der Waals surface area (Å²) < 4.78 is 12.8. The van der Waals surface area contributed by atoms with Crippen molar-refractivity contribution in [1.29, 1.82) is 0 Å². The highest BCUT2D eigenvalue weighted by atomic mass is 32.1. The van der Waals surface area contributed by atoms with Gasteiger partial charge in [0.05, 0.1) is 5.25 Å². The third kappa shape index (κ3) is 2.46. The van der Waals surface area contributed by atoms with Crippen LogP contribution < -0.4 is 5.73 Å². The Balaban J connectivity index is 2.89. The van der Waals surface area contributed by atoms with Crippen LogP contribution in [0.5, 0.6) is 0 Å². The van der Waals surface area contributed by atoms with Gasteiger partial charge in [-0.25, -0.2) is 4.39 Å². The number of hydrogen-bond acceptors (Lipinski definition) is 3. The maximum atomic E-state index is 12.8. The number of nitrogens with two attached hydrogens (primary N) is 1. The Morgan fingerprint density at radius 2 is 2.21 bits per heavy atom. The number of benzene rings is 1. The Hall–Kier alpha value is -1.07. The number of thiol groups is 1. The minimum atomic E-state index is -1.16. The van der Waals surface area contributed by atoms with E-state index in [1.54, 1.807) is 6.07 Å². The molecule has 14 heavy (non-hydrogen) atoms. The van der Waals surface area contributed by atoms with Crippen LogP contribution in [0.25, 0.3) is 0 Å². The molecule has 0 aliphatic carbocycles. The van der Waals surface area contributed by atoms with Crippen molar-refractivity contribution in [1.82, 2.24) is 0 Å². The molecule has 1 aromatic rings. The number of aliphatic carboxylic acids is 1. The molecule has 0 saturated heterocycles. The number of carboxylic acid groups (broad SMARTS) is 1. The lowest BCUT2D eigenvalue weighted by Gasteiger charge is -2.15. The van der Waals surface area contributed by atoms with Crippen molar-refractivity contribution < 1.29 is 14.3 Å². The second-order valence-corrected chi connectivity index (χ2v) is 3.42. The third-order valence-corrected chi connectivity index (χ3v) is 2.43. The summed E-state index contributed by atoms with van der Waals surface area (Å²) in [5.41, 5.74) is 5.81. The monoisotopic (exact) mass is 215 g/mol. The van der Waals surface area contributed by atoms with Gasteiger partial charge in [0.25, 0.3) is 0 Å². The first-order chi connectivity index (χ1) is 6.52. The standard InChI is InChI=1S/C9H10FNO2S/c10-6-3-1-2-5(4-6)8(14)7(11)9(12)13/h1-4,7-8,14H,11H2,(H,12,13). The van der Waals surface area contributed by atoms with Crippen molar-refractivity contribution >= 4 is 18.6 Å². The topological polar surface area (TPSA) is 63.3 Å². The Bertz CT molecular complexity index is 345. The lowest BCUT2D eigenvalue weighted by molar-refractivity contribution is -0.138. The van der Waals surface area contributed by atoms with Gasteiger partial charge in [-0.1, -0.05) is 12.1 Å². The van der Waals surface area contributed by atoms with Gasteiger partial charge in [-0.05, 0) is 17.7 Å². The molecule has 0 aromatic heterocycles. The zero-order chi connectivity index (χ0) is 10.7. The first kappa shape index (κ1) is 11.0. The Labute approximate surface area is 86.1 Å². The third-order valence-electron chi connectivity index (χ3n) is 1.82. The molecule has 0 heterocycles. The average molecular weight is 215 g/mol. The number of hydrogen-bond donors (Lipinski definition) is 3. The Kier molecular flexibility index (Phi) is 3.49. The van der Waals surface area contributed by atoms with E-state index in [1.807, 2.05) is 0 Å². The van der Waals surface area contributed by atoms with Crippen molar-refractivity contribution in [3.63, 3.8) is 0 Å². The maximum Gasteiger partial charge on any atom is 0.321 e. The molecule has 3 N–H and O–H groups in total. The predicted octanol–water partition coefficient (Wildman–Crippen LogP) is 1.21. The van der Waals surface area contributed by atoms with E-state index in [2.05, 4.69) is 12.6 Å². The maximum absolute atomic E-state index is 12.8. The minimum absolute atomic E-state index is 0.431. The lowest BCUT2D eigenvalue weighted by atomic mass is 10.1. The Morgan fingerprint density at radius 1 is 1.57 bits per heavy atom. The van der Waals surface area contributed by atoms with Crippen LogP contribution in [0.3, 0.4) is 0 Å². The molecule has 0 spiro atoms. The van der Waals surface area contributed by atoms with E-state index in [0.29, 0.717) is 5.56 Å². The van der Waals surface area contributed by atoms with Crippen LogP contribution in [0.1, 0.15) is 10.8 Å². The molecule has 5 heteroatoms. The second-order valence-electron chi connectivity index (χ2n) is 2.86. The van der Waals surface area contributed by atoms with Crippen molar-refractivity contribution in [2.45, 2.75) is 11.3 Å². The van der Waals surface area contributed by atoms with Gasteiger partial charge in [-0.2, -0.15) is 12.6 Å². The van der Waals surface area contributed by atoms with Gasteiger partial charge in [0.1, 0.15) is 11.9 Å². The SMILES string of the molecule is NC(C(=O)O)C(S)c1cccc(F)c1.